The molecule has 5 radical (unpaired) electrons. The largest absolute Gasteiger partial charge is 2.00 e. The predicted octanol–water partition coefficient (Wildman–Crippen LogP) is -9.70. The fourth-order valence-corrected chi connectivity index (χ4v) is 7.38. The van der Waals surface area contributed by atoms with E-state index in [9.17, 15) is 86.5 Å². The summed E-state index contributed by atoms with van der Waals surface area (Å²) in [7, 11) is -35.8. The number of hydrogen-bond donors (Lipinski definition) is 4. The summed E-state index contributed by atoms with van der Waals surface area (Å²) in [6, 6.07) is 0. The van der Waals surface area contributed by atoms with Crippen molar-refractivity contribution < 1.29 is 199 Å². The first-order chi connectivity index (χ1) is 20.0. The first-order valence-corrected chi connectivity index (χ1v) is 18.8. The average molecular weight is 1090 g/mol. The smallest absolute Gasteiger partial charge is 0.790 e. The third kappa shape index (κ3) is 23.5. The number of fused-ring (bicyclic) bond motifs is 1. The SMILES string of the molecule is Nc1ncnc2c1ncn2[C@@H]1O[C@H](CO)[C@@H](O)[C@H]1O.O=P([O-])([O-])OP(=O)([O-])OP(=O)([O-])[O-].O=P([O-])([O-])OP(=O)([O-])OP(=O)([O-])[O-].[Cu+2].[Cu+2].[Cu+2].[Cu+2].[Cu+2]. The van der Waals surface area contributed by atoms with E-state index >= 15 is 0 Å². The molecule has 307 valence electrons. The number of nitrogen functional groups attached to an aromatic ring is 1. The number of imidazole rings is 1. The van der Waals surface area contributed by atoms with Crippen LogP contribution >= 0.6 is 46.9 Å². The fraction of sp³-hybridized carbons (Fsp3) is 0.500. The van der Waals surface area contributed by atoms with E-state index in [1.807, 2.05) is 0 Å². The van der Waals surface area contributed by atoms with Crippen molar-refractivity contribution in [2.24, 2.45) is 0 Å². The Morgan fingerprint density at radius 1 is 0.680 bits per heavy atom. The maximum Gasteiger partial charge on any atom is 2.00 e. The van der Waals surface area contributed by atoms with Crippen LogP contribution in [-0.4, -0.2) is 59.8 Å². The summed E-state index contributed by atoms with van der Waals surface area (Å²) in [4.78, 5) is 109. The molecule has 0 aliphatic carbocycles. The van der Waals surface area contributed by atoms with E-state index < -0.39 is 78.1 Å². The summed E-state index contributed by atoms with van der Waals surface area (Å²) >= 11 is 0. The number of nitrogens with two attached hydrogens (primary N) is 1. The van der Waals surface area contributed by atoms with E-state index in [1.165, 1.54) is 17.2 Å². The Bertz CT molecular complexity index is 1500. The van der Waals surface area contributed by atoms with E-state index in [-0.39, 0.29) is 91.2 Å². The molecule has 0 bridgehead atoms. The Labute approximate surface area is 330 Å². The molecule has 0 aromatic carbocycles. The number of aliphatic hydroxyl groups is 3. The van der Waals surface area contributed by atoms with Gasteiger partial charge in [-0.3, -0.25) is 30.9 Å². The van der Waals surface area contributed by atoms with Crippen LogP contribution < -0.4 is 54.7 Å². The zero-order chi connectivity index (χ0) is 35.4. The van der Waals surface area contributed by atoms with E-state index in [0.29, 0.717) is 11.2 Å². The van der Waals surface area contributed by atoms with E-state index in [0.717, 1.165) is 0 Å². The predicted molar refractivity (Wildman–Crippen MR) is 113 cm³/mol. The molecule has 40 heteroatoms. The molecule has 1 saturated heterocycles. The van der Waals surface area contributed by atoms with Crippen molar-refractivity contribution in [1.29, 1.82) is 0 Å². The summed E-state index contributed by atoms with van der Waals surface area (Å²) in [5.74, 6) is 0.218. The first kappa shape index (κ1) is 60.8. The first-order valence-electron chi connectivity index (χ1n) is 10.1. The molecule has 29 nitrogen and oxygen atoms in total. The van der Waals surface area contributed by atoms with Crippen molar-refractivity contribution in [1.82, 2.24) is 19.5 Å². The number of aromatic nitrogens is 4. The van der Waals surface area contributed by atoms with Crippen molar-refractivity contribution in [2.75, 3.05) is 12.3 Å². The molecule has 5 N–H and O–H groups in total. The molecule has 2 aromatic heterocycles. The molecular weight excluding hydrogens is 1080 g/mol. The zero-order valence-corrected chi connectivity index (χ0v) is 32.2. The van der Waals surface area contributed by atoms with Crippen LogP contribution in [0.4, 0.5) is 5.82 Å². The molecule has 0 unspecified atom stereocenters. The monoisotopic (exact) mass is 1090 g/mol. The number of phosphoric acid groups is 6. The van der Waals surface area contributed by atoms with Crippen LogP contribution in [0.25, 0.3) is 11.2 Å². The van der Waals surface area contributed by atoms with Crippen LogP contribution in [0.3, 0.4) is 0 Å². The number of anilines is 1. The topological polar surface area (TPSA) is 509 Å². The van der Waals surface area contributed by atoms with Gasteiger partial charge >= 0.3 is 85.3 Å². The van der Waals surface area contributed by atoms with Gasteiger partial charge in [0.2, 0.25) is 0 Å². The Morgan fingerprint density at radius 3 is 1.34 bits per heavy atom. The summed E-state index contributed by atoms with van der Waals surface area (Å²) in [5.41, 5.74) is 6.44. The third-order valence-corrected chi connectivity index (χ3v) is 10.4. The number of ether oxygens (including phenoxy) is 1. The van der Waals surface area contributed by atoms with Crippen molar-refractivity contribution >= 4 is 63.9 Å². The molecular formula is C10H13Cu5N5O24P6. The van der Waals surface area contributed by atoms with Crippen molar-refractivity contribution in [2.45, 2.75) is 24.5 Å². The van der Waals surface area contributed by atoms with Gasteiger partial charge in [0.15, 0.2) is 17.7 Å². The van der Waals surface area contributed by atoms with Crippen molar-refractivity contribution in [3.05, 3.63) is 12.7 Å². The van der Waals surface area contributed by atoms with Gasteiger partial charge in [0.1, 0.15) is 30.2 Å². The minimum atomic E-state index is -5.97. The molecule has 1 aliphatic rings. The molecule has 0 saturated carbocycles. The van der Waals surface area contributed by atoms with Gasteiger partial charge in [0.25, 0.3) is 15.6 Å². The summed E-state index contributed by atoms with van der Waals surface area (Å²) in [6.07, 6.45) is -1.42. The van der Waals surface area contributed by atoms with Crippen LogP contribution in [0.5, 0.6) is 0 Å². The second-order valence-electron chi connectivity index (χ2n) is 7.32. The second kappa shape index (κ2) is 23.6. The van der Waals surface area contributed by atoms with Gasteiger partial charge in [0, 0.05) is 0 Å². The number of rotatable bonds is 10. The Morgan fingerprint density at radius 2 is 1.04 bits per heavy atom. The van der Waals surface area contributed by atoms with Gasteiger partial charge in [-0.1, -0.05) is 0 Å². The van der Waals surface area contributed by atoms with Crippen LogP contribution in [-0.2, 0) is 135 Å². The quantitative estimate of drug-likeness (QED) is 0.127. The molecule has 3 heterocycles. The molecule has 0 spiro atoms. The summed E-state index contributed by atoms with van der Waals surface area (Å²) < 4.78 is 76.2. The van der Waals surface area contributed by atoms with Gasteiger partial charge in [-0.25, -0.2) is 15.0 Å². The van der Waals surface area contributed by atoms with E-state index in [4.69, 9.17) is 15.6 Å². The summed E-state index contributed by atoms with van der Waals surface area (Å²) in [5, 5.41) is 28.7. The number of hydrogen-bond acceptors (Lipinski definition) is 28. The molecule has 0 amide bonds. The van der Waals surface area contributed by atoms with Crippen LogP contribution in [0.15, 0.2) is 12.7 Å². The maximum atomic E-state index is 10.1. The molecule has 3 rings (SSSR count). The van der Waals surface area contributed by atoms with Crippen molar-refractivity contribution in [3.63, 3.8) is 0 Å². The minimum absolute atomic E-state index is 0. The molecule has 1 fully saturated rings. The second-order valence-corrected chi connectivity index (χ2v) is 15.3. The maximum absolute atomic E-state index is 10.1. The summed E-state index contributed by atoms with van der Waals surface area (Å²) in [6.45, 7) is -0.390. The molecule has 4 atom stereocenters. The van der Waals surface area contributed by atoms with Gasteiger partial charge in [-0.15, -0.1) is 0 Å². The van der Waals surface area contributed by atoms with Gasteiger partial charge < -0.3 is 93.0 Å². The van der Waals surface area contributed by atoms with Gasteiger partial charge in [-0.2, -0.15) is 0 Å². The van der Waals surface area contributed by atoms with Crippen molar-refractivity contribution in [3.8, 4) is 0 Å². The molecule has 2 aromatic rings. The molecule has 1 aliphatic heterocycles. The van der Waals surface area contributed by atoms with Crippen LogP contribution in [0.1, 0.15) is 6.23 Å². The normalized spacial score (nSPS) is 19.4. The Balaban J connectivity index is -0.000000199. The van der Waals surface area contributed by atoms with Crippen LogP contribution in [0.2, 0.25) is 0 Å². The number of nitrogens with zero attached hydrogens (tertiary/aromatic N) is 4. The Hall–Kier alpha value is 1.61. The third-order valence-electron chi connectivity index (χ3n) is 3.98. The van der Waals surface area contributed by atoms with E-state index in [2.05, 4.69) is 32.2 Å². The van der Waals surface area contributed by atoms with Crippen LogP contribution in [0, 0.1) is 0 Å². The minimum Gasteiger partial charge on any atom is -0.790 e. The standard InChI is InChI=1S/C10H13N5O4.5Cu.2H5O10P3/c11-8-5-9(13-2-12-8)15(3-14-5)10-7(18)6(17)4(1-16)19-10;;;;;;2*1-11(2,3)9-13(7,8)10-12(4,5)6/h2-4,6-7,10,16-18H,1H2,(H2,11,12,13);;;;;;2*(H,7,8)(H2,1,2,3)(H2,4,5,6)/q;5*+2;;/p-10/t4-,6-,7-,10-;;;;;;;/m1......./s1. The zero-order valence-electron chi connectivity index (χ0n) is 22.1. The van der Waals surface area contributed by atoms with Gasteiger partial charge in [-0.05, 0) is 0 Å². The van der Waals surface area contributed by atoms with Gasteiger partial charge in [0.05, 0.1) is 44.2 Å². The molecule has 50 heavy (non-hydrogen) atoms. The Kier molecular flexibility index (Phi) is 28.7. The average Bonchev–Trinajstić information content (AvgIpc) is 3.29. The number of aliphatic hydroxyl groups excluding tert-OH is 3. The van der Waals surface area contributed by atoms with E-state index in [1.54, 1.807) is 0 Å². The fourth-order valence-electron chi connectivity index (χ4n) is 2.69.